The number of hydrogen-bond acceptors (Lipinski definition) is 3. The average molecular weight is 462 g/mol. The molecule has 3 aromatic carbocycles. The number of imidazole rings is 1. The number of para-hydroxylation sites is 1. The van der Waals surface area contributed by atoms with Gasteiger partial charge in [0.2, 0.25) is 0 Å². The smallest absolute Gasteiger partial charge is 0.195 e. The molecular weight excluding hydrogens is 441 g/mol. The van der Waals surface area contributed by atoms with E-state index in [1.54, 1.807) is 6.07 Å². The van der Waals surface area contributed by atoms with Crippen molar-refractivity contribution in [3.8, 4) is 11.1 Å². The van der Waals surface area contributed by atoms with Crippen LogP contribution in [0.25, 0.3) is 33.1 Å². The van der Waals surface area contributed by atoms with Crippen LogP contribution in [0.5, 0.6) is 0 Å². The normalized spacial score (nSPS) is 11.5. The number of rotatable bonds is 4. The Morgan fingerprint density at radius 1 is 1.09 bits per heavy atom. The van der Waals surface area contributed by atoms with Crippen molar-refractivity contribution in [3.05, 3.63) is 82.6 Å². The Hall–Kier alpha value is -4.07. The second-order valence-electron chi connectivity index (χ2n) is 8.29. The number of aryl methyl sites for hydroxylation is 3. The molecule has 5 rings (SSSR count). The van der Waals surface area contributed by atoms with Crippen molar-refractivity contribution >= 4 is 33.4 Å². The van der Waals surface area contributed by atoms with Gasteiger partial charge in [0.05, 0.1) is 16.7 Å². The quantitative estimate of drug-likeness (QED) is 0.253. The fraction of sp³-hybridized carbons (Fsp3) is 0.154. The number of anilines is 1. The van der Waals surface area contributed by atoms with E-state index in [-0.39, 0.29) is 11.1 Å². The van der Waals surface area contributed by atoms with Crippen LogP contribution in [0.3, 0.4) is 0 Å². The van der Waals surface area contributed by atoms with E-state index in [1.165, 1.54) is 6.20 Å². The second-order valence-corrected chi connectivity index (χ2v) is 8.29. The summed E-state index contributed by atoms with van der Waals surface area (Å²) in [4.78, 5) is 21.0. The van der Waals surface area contributed by atoms with Crippen LogP contribution in [0.4, 0.5) is 18.9 Å². The van der Waals surface area contributed by atoms with Gasteiger partial charge in [-0.1, -0.05) is 18.2 Å². The molecule has 34 heavy (non-hydrogen) atoms. The lowest BCUT2D eigenvalue weighted by atomic mass is 9.94. The van der Waals surface area contributed by atoms with Crippen molar-refractivity contribution < 1.29 is 18.0 Å². The van der Waals surface area contributed by atoms with Crippen LogP contribution in [0.1, 0.15) is 27.3 Å². The number of H-pyrrole nitrogens is 1. The molecule has 0 bridgehead atoms. The minimum Gasteiger partial charge on any atom is -0.386 e. The molecule has 0 aliphatic carbocycles. The molecule has 172 valence electrons. The molecule has 0 saturated heterocycles. The van der Waals surface area contributed by atoms with Crippen LogP contribution >= 0.6 is 0 Å². The van der Waals surface area contributed by atoms with Crippen molar-refractivity contribution in [2.24, 2.45) is 7.05 Å². The van der Waals surface area contributed by atoms with E-state index in [9.17, 15) is 18.0 Å². The molecule has 0 atom stereocenters. The van der Waals surface area contributed by atoms with Gasteiger partial charge in [-0.05, 0) is 37.6 Å². The lowest BCUT2D eigenvalue weighted by molar-refractivity contribution is 0.103. The van der Waals surface area contributed by atoms with Gasteiger partial charge in [0.25, 0.3) is 0 Å². The first kappa shape index (κ1) is 21.8. The summed E-state index contributed by atoms with van der Waals surface area (Å²) in [6, 6.07) is 9.02. The number of halogens is 3. The van der Waals surface area contributed by atoms with Crippen LogP contribution in [-0.2, 0) is 7.05 Å². The van der Waals surface area contributed by atoms with Crippen molar-refractivity contribution in [1.29, 1.82) is 0 Å². The van der Waals surface area contributed by atoms with E-state index in [0.29, 0.717) is 23.0 Å². The SMILES string of the molecule is CNc1c(-c2cccc3c(C(=O)c4cc(F)c(F)c(F)c4)c[nH]c23)c(C)cc2c1nc(C)n2C. The van der Waals surface area contributed by atoms with Gasteiger partial charge in [0, 0.05) is 47.9 Å². The first-order valence-electron chi connectivity index (χ1n) is 10.7. The predicted octanol–water partition coefficient (Wildman–Crippen LogP) is 6.03. The van der Waals surface area contributed by atoms with Crippen LogP contribution in [0.15, 0.2) is 42.6 Å². The lowest BCUT2D eigenvalue weighted by Crippen LogP contribution is -2.04. The highest BCUT2D eigenvalue weighted by molar-refractivity contribution is 6.18. The Bertz CT molecular complexity index is 1610. The number of benzene rings is 3. The van der Waals surface area contributed by atoms with E-state index in [0.717, 1.165) is 39.2 Å². The Kier molecular flexibility index (Phi) is 4.97. The maximum absolute atomic E-state index is 13.7. The Balaban J connectivity index is 1.72. The summed E-state index contributed by atoms with van der Waals surface area (Å²) < 4.78 is 42.9. The summed E-state index contributed by atoms with van der Waals surface area (Å²) in [5, 5.41) is 3.87. The zero-order chi connectivity index (χ0) is 24.3. The first-order valence-corrected chi connectivity index (χ1v) is 10.7. The first-order chi connectivity index (χ1) is 16.2. The van der Waals surface area contributed by atoms with Gasteiger partial charge in [0.15, 0.2) is 23.2 Å². The van der Waals surface area contributed by atoms with Gasteiger partial charge >= 0.3 is 0 Å². The highest BCUT2D eigenvalue weighted by atomic mass is 19.2. The zero-order valence-corrected chi connectivity index (χ0v) is 19.0. The maximum atomic E-state index is 13.7. The molecule has 0 unspecified atom stereocenters. The molecule has 0 radical (unpaired) electrons. The molecule has 0 spiro atoms. The third kappa shape index (κ3) is 3.09. The van der Waals surface area contributed by atoms with Gasteiger partial charge < -0.3 is 14.9 Å². The summed E-state index contributed by atoms with van der Waals surface area (Å²) in [5.74, 6) is -4.14. The van der Waals surface area contributed by atoms with E-state index < -0.39 is 23.2 Å². The number of carbonyl (C=O) groups is 1. The Morgan fingerprint density at radius 3 is 2.47 bits per heavy atom. The zero-order valence-electron chi connectivity index (χ0n) is 19.0. The predicted molar refractivity (Wildman–Crippen MR) is 127 cm³/mol. The minimum atomic E-state index is -1.60. The van der Waals surface area contributed by atoms with Gasteiger partial charge in [0.1, 0.15) is 11.3 Å². The molecule has 8 heteroatoms. The van der Waals surface area contributed by atoms with Crippen molar-refractivity contribution in [2.45, 2.75) is 13.8 Å². The molecular formula is C26H21F3N4O. The molecule has 2 heterocycles. The highest BCUT2D eigenvalue weighted by Gasteiger charge is 2.22. The van der Waals surface area contributed by atoms with Crippen LogP contribution in [-0.4, -0.2) is 27.4 Å². The number of hydrogen-bond donors (Lipinski definition) is 2. The molecule has 0 aliphatic rings. The molecule has 5 aromatic rings. The number of ketones is 1. The number of fused-ring (bicyclic) bond motifs is 2. The summed E-state index contributed by atoms with van der Waals surface area (Å²) >= 11 is 0. The third-order valence-electron chi connectivity index (χ3n) is 6.32. The Labute approximate surface area is 193 Å². The summed E-state index contributed by atoms with van der Waals surface area (Å²) in [7, 11) is 3.80. The second kappa shape index (κ2) is 7.76. The lowest BCUT2D eigenvalue weighted by Gasteiger charge is -2.15. The maximum Gasteiger partial charge on any atom is 0.195 e. The number of nitrogens with one attached hydrogen (secondary N) is 2. The molecule has 0 amide bonds. The van der Waals surface area contributed by atoms with Crippen molar-refractivity contribution in [1.82, 2.24) is 14.5 Å². The number of nitrogens with zero attached hydrogens (tertiary/aromatic N) is 2. The molecule has 0 aliphatic heterocycles. The number of aromatic nitrogens is 3. The number of aromatic amines is 1. The third-order valence-corrected chi connectivity index (χ3v) is 6.32. The minimum absolute atomic E-state index is 0.237. The average Bonchev–Trinajstić information content (AvgIpc) is 3.37. The van der Waals surface area contributed by atoms with Gasteiger partial charge in [-0.15, -0.1) is 0 Å². The summed E-state index contributed by atoms with van der Waals surface area (Å²) in [6.07, 6.45) is 1.51. The fourth-order valence-electron chi connectivity index (χ4n) is 4.55. The van der Waals surface area contributed by atoms with Gasteiger partial charge in [-0.3, -0.25) is 4.79 Å². The molecule has 0 saturated carbocycles. The van der Waals surface area contributed by atoms with E-state index in [2.05, 4.69) is 16.4 Å². The standard InChI is InChI=1S/C26H21F3N4O/c1-12-8-20-24(32-13(2)33(20)4)25(30-3)21(12)16-7-5-6-15-17(11-31-23(15)16)26(34)14-9-18(27)22(29)19(28)10-14/h5-11,30-31H,1-4H3. The molecule has 2 N–H and O–H groups in total. The van der Waals surface area contributed by atoms with Crippen molar-refractivity contribution in [2.75, 3.05) is 12.4 Å². The largest absolute Gasteiger partial charge is 0.386 e. The van der Waals surface area contributed by atoms with Gasteiger partial charge in [-0.2, -0.15) is 0 Å². The van der Waals surface area contributed by atoms with Crippen LogP contribution in [0, 0.1) is 31.3 Å². The van der Waals surface area contributed by atoms with Crippen LogP contribution in [0.2, 0.25) is 0 Å². The summed E-state index contributed by atoms with van der Waals surface area (Å²) in [5.41, 5.74) is 6.15. The van der Waals surface area contributed by atoms with E-state index >= 15 is 0 Å². The van der Waals surface area contributed by atoms with E-state index in [4.69, 9.17) is 4.98 Å². The summed E-state index contributed by atoms with van der Waals surface area (Å²) in [6.45, 7) is 3.95. The molecule has 0 fully saturated rings. The van der Waals surface area contributed by atoms with Gasteiger partial charge in [-0.25, -0.2) is 18.2 Å². The fourth-order valence-corrected chi connectivity index (χ4v) is 4.55. The van der Waals surface area contributed by atoms with E-state index in [1.807, 2.05) is 44.6 Å². The van der Waals surface area contributed by atoms with Crippen molar-refractivity contribution in [3.63, 3.8) is 0 Å². The number of carbonyl (C=O) groups excluding carboxylic acids is 1. The molecule has 5 nitrogen and oxygen atoms in total. The topological polar surface area (TPSA) is 62.7 Å². The molecule has 2 aromatic heterocycles. The monoisotopic (exact) mass is 462 g/mol. The highest BCUT2D eigenvalue weighted by Crippen LogP contribution is 2.41. The van der Waals surface area contributed by atoms with Crippen LogP contribution < -0.4 is 5.32 Å². The Morgan fingerprint density at radius 2 is 1.79 bits per heavy atom.